The summed E-state index contributed by atoms with van der Waals surface area (Å²) >= 11 is 0. The maximum absolute atomic E-state index is 10.8. The first-order valence-electron chi connectivity index (χ1n) is 6.50. The number of carbonyl (C=O) groups excluding carboxylic acids is 1. The molecular formula is C14H23N3O. The molecule has 4 heteroatoms. The average Bonchev–Trinajstić information content (AvgIpc) is 2.40. The van der Waals surface area contributed by atoms with E-state index in [1.807, 2.05) is 25.1 Å². The highest BCUT2D eigenvalue weighted by Crippen LogP contribution is 2.27. The number of hydrogen-bond acceptors (Lipinski definition) is 3. The Morgan fingerprint density at radius 3 is 2.67 bits per heavy atom. The average molecular weight is 249 g/mol. The second kappa shape index (κ2) is 7.82. The number of amides is 1. The summed E-state index contributed by atoms with van der Waals surface area (Å²) in [5, 5.41) is 0. The van der Waals surface area contributed by atoms with Crippen LogP contribution in [0.15, 0.2) is 24.4 Å². The molecule has 0 spiro atoms. The van der Waals surface area contributed by atoms with Gasteiger partial charge in [-0.3, -0.25) is 9.78 Å². The Balaban J connectivity index is 0.000000199. The lowest BCUT2D eigenvalue weighted by Gasteiger charge is -2.25. The lowest BCUT2D eigenvalue weighted by molar-refractivity contribution is -0.123. The Kier molecular flexibility index (Phi) is 6.36. The van der Waals surface area contributed by atoms with E-state index in [1.54, 1.807) is 6.20 Å². The zero-order chi connectivity index (χ0) is 13.4. The molecule has 0 radical (unpaired) electrons. The van der Waals surface area contributed by atoms with Crippen LogP contribution in [0.3, 0.4) is 0 Å². The van der Waals surface area contributed by atoms with E-state index in [9.17, 15) is 4.79 Å². The number of nitrogens with zero attached hydrogens (tertiary/aromatic N) is 1. The molecule has 0 aromatic carbocycles. The first-order valence-corrected chi connectivity index (χ1v) is 6.50. The topological polar surface area (TPSA) is 82.0 Å². The van der Waals surface area contributed by atoms with Crippen molar-refractivity contribution in [3.05, 3.63) is 30.1 Å². The summed E-state index contributed by atoms with van der Waals surface area (Å²) < 4.78 is 0. The lowest BCUT2D eigenvalue weighted by Crippen LogP contribution is -2.31. The summed E-state index contributed by atoms with van der Waals surface area (Å²) in [6, 6.07) is 5.86. The van der Waals surface area contributed by atoms with Gasteiger partial charge in [-0.05, 0) is 50.8 Å². The molecule has 100 valence electrons. The van der Waals surface area contributed by atoms with Crippen LogP contribution < -0.4 is 11.5 Å². The fraction of sp³-hybridized carbons (Fsp3) is 0.571. The van der Waals surface area contributed by atoms with Crippen LogP contribution in [0.4, 0.5) is 0 Å². The van der Waals surface area contributed by atoms with E-state index in [1.165, 1.54) is 6.42 Å². The molecule has 1 aliphatic rings. The third-order valence-corrected chi connectivity index (χ3v) is 3.33. The van der Waals surface area contributed by atoms with Gasteiger partial charge in [0.2, 0.25) is 5.91 Å². The number of primary amides is 1. The van der Waals surface area contributed by atoms with Crippen molar-refractivity contribution in [2.45, 2.75) is 32.6 Å². The monoisotopic (exact) mass is 249 g/mol. The summed E-state index contributed by atoms with van der Waals surface area (Å²) in [5.41, 5.74) is 11.8. The summed E-state index contributed by atoms with van der Waals surface area (Å²) in [4.78, 5) is 14.8. The summed E-state index contributed by atoms with van der Waals surface area (Å²) in [5.74, 6) is 0.474. The standard InChI is InChI=1S/C8H16N2O.C6H7N/c9-5-6-2-1-3-7(4-6)8(10)11;1-6-4-2-3-5-7-6/h6-7H,1-5,9H2,(H2,10,11);2-5H,1H3. The quantitative estimate of drug-likeness (QED) is 0.835. The van der Waals surface area contributed by atoms with Gasteiger partial charge in [-0.25, -0.2) is 0 Å². The molecule has 1 aromatic rings. The number of pyridine rings is 1. The molecule has 1 heterocycles. The first kappa shape index (κ1) is 14.6. The number of hydrogen-bond donors (Lipinski definition) is 2. The molecule has 1 amide bonds. The molecule has 2 unspecified atom stereocenters. The van der Waals surface area contributed by atoms with Crippen LogP contribution in [-0.2, 0) is 4.79 Å². The minimum absolute atomic E-state index is 0.0947. The van der Waals surface area contributed by atoms with E-state index in [0.29, 0.717) is 12.5 Å². The predicted molar refractivity (Wildman–Crippen MR) is 72.7 cm³/mol. The summed E-state index contributed by atoms with van der Waals surface area (Å²) in [6.45, 7) is 2.67. The zero-order valence-electron chi connectivity index (χ0n) is 11.0. The summed E-state index contributed by atoms with van der Waals surface area (Å²) in [7, 11) is 0. The Morgan fingerprint density at radius 2 is 2.22 bits per heavy atom. The Labute approximate surface area is 109 Å². The predicted octanol–water partition coefficient (Wildman–Crippen LogP) is 1.63. The van der Waals surface area contributed by atoms with Crippen LogP contribution in [-0.4, -0.2) is 17.4 Å². The normalized spacial score (nSPS) is 22.8. The fourth-order valence-electron chi connectivity index (χ4n) is 2.21. The minimum Gasteiger partial charge on any atom is -0.369 e. The van der Waals surface area contributed by atoms with Gasteiger partial charge < -0.3 is 11.5 Å². The molecule has 2 rings (SSSR count). The third kappa shape index (κ3) is 5.27. The molecule has 0 bridgehead atoms. The van der Waals surface area contributed by atoms with Crippen LogP contribution >= 0.6 is 0 Å². The van der Waals surface area contributed by atoms with Crippen LogP contribution in [0.2, 0.25) is 0 Å². The van der Waals surface area contributed by atoms with Crippen molar-refractivity contribution >= 4 is 5.91 Å². The van der Waals surface area contributed by atoms with Gasteiger partial charge in [0, 0.05) is 17.8 Å². The first-order chi connectivity index (χ1) is 8.63. The van der Waals surface area contributed by atoms with Crippen molar-refractivity contribution in [2.75, 3.05) is 6.54 Å². The molecule has 0 aliphatic heterocycles. The lowest BCUT2D eigenvalue weighted by atomic mass is 9.81. The van der Waals surface area contributed by atoms with Gasteiger partial charge in [-0.1, -0.05) is 12.5 Å². The van der Waals surface area contributed by atoms with E-state index in [0.717, 1.165) is 25.0 Å². The maximum Gasteiger partial charge on any atom is 0.220 e. The largest absolute Gasteiger partial charge is 0.369 e. The van der Waals surface area contributed by atoms with Gasteiger partial charge in [-0.15, -0.1) is 0 Å². The summed E-state index contributed by atoms with van der Waals surface area (Å²) in [6.07, 6.45) is 5.93. The van der Waals surface area contributed by atoms with Gasteiger partial charge in [0.15, 0.2) is 0 Å². The van der Waals surface area contributed by atoms with E-state index in [-0.39, 0.29) is 11.8 Å². The van der Waals surface area contributed by atoms with Crippen molar-refractivity contribution < 1.29 is 4.79 Å². The number of nitrogens with two attached hydrogens (primary N) is 2. The van der Waals surface area contributed by atoms with Gasteiger partial charge >= 0.3 is 0 Å². The molecule has 1 aliphatic carbocycles. The second-order valence-corrected chi connectivity index (χ2v) is 4.84. The molecule has 4 nitrogen and oxygen atoms in total. The number of aromatic nitrogens is 1. The Morgan fingerprint density at radius 1 is 1.44 bits per heavy atom. The molecule has 1 fully saturated rings. The molecule has 0 saturated heterocycles. The van der Waals surface area contributed by atoms with E-state index < -0.39 is 0 Å². The van der Waals surface area contributed by atoms with Crippen LogP contribution in [0.1, 0.15) is 31.4 Å². The van der Waals surface area contributed by atoms with E-state index in [4.69, 9.17) is 11.5 Å². The van der Waals surface area contributed by atoms with Gasteiger partial charge in [0.05, 0.1) is 0 Å². The minimum atomic E-state index is -0.150. The SMILES string of the molecule is Cc1ccccn1.NCC1CCCC(C(N)=O)C1. The van der Waals surface area contributed by atoms with Crippen molar-refractivity contribution in [2.24, 2.45) is 23.3 Å². The van der Waals surface area contributed by atoms with E-state index >= 15 is 0 Å². The molecule has 18 heavy (non-hydrogen) atoms. The van der Waals surface area contributed by atoms with Crippen molar-refractivity contribution in [1.82, 2.24) is 4.98 Å². The second-order valence-electron chi connectivity index (χ2n) is 4.84. The van der Waals surface area contributed by atoms with Crippen LogP contribution in [0.5, 0.6) is 0 Å². The molecule has 4 N–H and O–H groups in total. The number of rotatable bonds is 2. The van der Waals surface area contributed by atoms with E-state index in [2.05, 4.69) is 4.98 Å². The molecule has 1 saturated carbocycles. The van der Waals surface area contributed by atoms with Crippen LogP contribution in [0.25, 0.3) is 0 Å². The molecule has 2 atom stereocenters. The van der Waals surface area contributed by atoms with Crippen molar-refractivity contribution in [1.29, 1.82) is 0 Å². The maximum atomic E-state index is 10.8. The van der Waals surface area contributed by atoms with Gasteiger partial charge in [-0.2, -0.15) is 0 Å². The number of aryl methyl sites for hydroxylation is 1. The van der Waals surface area contributed by atoms with Gasteiger partial charge in [0.1, 0.15) is 0 Å². The third-order valence-electron chi connectivity index (χ3n) is 3.33. The smallest absolute Gasteiger partial charge is 0.220 e. The molecular weight excluding hydrogens is 226 g/mol. The highest BCUT2D eigenvalue weighted by atomic mass is 16.1. The van der Waals surface area contributed by atoms with Crippen LogP contribution in [0, 0.1) is 18.8 Å². The fourth-order valence-corrected chi connectivity index (χ4v) is 2.21. The van der Waals surface area contributed by atoms with Gasteiger partial charge in [0.25, 0.3) is 0 Å². The van der Waals surface area contributed by atoms with Crippen molar-refractivity contribution in [3.63, 3.8) is 0 Å². The number of carbonyl (C=O) groups is 1. The van der Waals surface area contributed by atoms with Crippen molar-refractivity contribution in [3.8, 4) is 0 Å². The Bertz CT molecular complexity index is 353. The Hall–Kier alpha value is -1.42. The highest BCUT2D eigenvalue weighted by Gasteiger charge is 2.24. The molecule has 1 aromatic heterocycles. The zero-order valence-corrected chi connectivity index (χ0v) is 11.0. The highest BCUT2D eigenvalue weighted by molar-refractivity contribution is 5.76.